The summed E-state index contributed by atoms with van der Waals surface area (Å²) in [6.07, 6.45) is 0. The molecule has 3 aromatic rings. The van der Waals surface area contributed by atoms with Crippen molar-refractivity contribution in [1.29, 1.82) is 0 Å². The first-order valence-corrected chi connectivity index (χ1v) is 6.80. The zero-order valence-electron chi connectivity index (χ0n) is 12.1. The standard InChI is InChI=1S/C17H19N3/c1-11-6-4-5-7-13(11)16-19-14-9-8-12(17(2,3)18)10-15(14)20-16/h4-10H,18H2,1-3H3,(H,19,20). The predicted molar refractivity (Wildman–Crippen MR) is 83.5 cm³/mol. The lowest BCUT2D eigenvalue weighted by Crippen LogP contribution is -2.28. The number of nitrogens with one attached hydrogen (secondary N) is 1. The molecule has 3 rings (SSSR count). The number of nitrogens with two attached hydrogens (primary N) is 1. The first-order valence-electron chi connectivity index (χ1n) is 6.80. The molecule has 0 radical (unpaired) electrons. The van der Waals surface area contributed by atoms with Gasteiger partial charge in [0, 0.05) is 11.1 Å². The van der Waals surface area contributed by atoms with Gasteiger partial charge in [-0.05, 0) is 44.0 Å². The summed E-state index contributed by atoms with van der Waals surface area (Å²) in [4.78, 5) is 8.07. The van der Waals surface area contributed by atoms with Crippen LogP contribution >= 0.6 is 0 Å². The fraction of sp³-hybridized carbons (Fsp3) is 0.235. The topological polar surface area (TPSA) is 54.7 Å². The second-order valence-corrected chi connectivity index (χ2v) is 5.85. The van der Waals surface area contributed by atoms with Crippen LogP contribution in [0.5, 0.6) is 0 Å². The van der Waals surface area contributed by atoms with Gasteiger partial charge in [0.2, 0.25) is 0 Å². The minimum atomic E-state index is -0.345. The molecule has 3 N–H and O–H groups in total. The Hall–Kier alpha value is -2.13. The molecule has 0 saturated carbocycles. The fourth-order valence-corrected chi connectivity index (χ4v) is 2.38. The maximum atomic E-state index is 6.16. The molecular weight excluding hydrogens is 246 g/mol. The largest absolute Gasteiger partial charge is 0.338 e. The first-order chi connectivity index (χ1) is 9.45. The Morgan fingerprint density at radius 2 is 1.85 bits per heavy atom. The van der Waals surface area contributed by atoms with E-state index in [0.717, 1.165) is 28.0 Å². The van der Waals surface area contributed by atoms with Crippen LogP contribution in [-0.2, 0) is 5.54 Å². The molecule has 3 nitrogen and oxygen atoms in total. The summed E-state index contributed by atoms with van der Waals surface area (Å²) in [6.45, 7) is 6.11. The zero-order valence-corrected chi connectivity index (χ0v) is 12.1. The zero-order chi connectivity index (χ0) is 14.3. The lowest BCUT2D eigenvalue weighted by molar-refractivity contribution is 0.555. The van der Waals surface area contributed by atoms with Gasteiger partial charge in [-0.3, -0.25) is 0 Å². The summed E-state index contributed by atoms with van der Waals surface area (Å²) < 4.78 is 0. The summed E-state index contributed by atoms with van der Waals surface area (Å²) in [5.41, 5.74) is 11.3. The second-order valence-electron chi connectivity index (χ2n) is 5.85. The van der Waals surface area contributed by atoms with Crippen LogP contribution in [0, 0.1) is 6.92 Å². The van der Waals surface area contributed by atoms with Crippen molar-refractivity contribution in [3.05, 3.63) is 53.6 Å². The molecular formula is C17H19N3. The Morgan fingerprint density at radius 3 is 2.55 bits per heavy atom. The molecule has 0 saturated heterocycles. The van der Waals surface area contributed by atoms with Gasteiger partial charge in [-0.25, -0.2) is 4.98 Å². The Labute approximate surface area is 118 Å². The van der Waals surface area contributed by atoms with Crippen molar-refractivity contribution in [3.63, 3.8) is 0 Å². The molecule has 0 bridgehead atoms. The van der Waals surface area contributed by atoms with Crippen molar-refractivity contribution in [1.82, 2.24) is 9.97 Å². The number of hydrogen-bond acceptors (Lipinski definition) is 2. The highest BCUT2D eigenvalue weighted by Crippen LogP contribution is 2.26. The lowest BCUT2D eigenvalue weighted by atomic mass is 9.95. The molecule has 0 atom stereocenters. The normalized spacial score (nSPS) is 12.0. The fourth-order valence-electron chi connectivity index (χ4n) is 2.38. The quantitative estimate of drug-likeness (QED) is 0.741. The molecule has 0 spiro atoms. The van der Waals surface area contributed by atoms with E-state index >= 15 is 0 Å². The van der Waals surface area contributed by atoms with Crippen LogP contribution < -0.4 is 5.73 Å². The van der Waals surface area contributed by atoms with Gasteiger partial charge in [-0.1, -0.05) is 30.3 Å². The number of aromatic amines is 1. The van der Waals surface area contributed by atoms with E-state index < -0.39 is 0 Å². The van der Waals surface area contributed by atoms with Gasteiger partial charge >= 0.3 is 0 Å². The van der Waals surface area contributed by atoms with E-state index in [0.29, 0.717) is 0 Å². The molecule has 0 fully saturated rings. The van der Waals surface area contributed by atoms with Crippen molar-refractivity contribution in [2.75, 3.05) is 0 Å². The van der Waals surface area contributed by atoms with E-state index in [1.54, 1.807) is 0 Å². The molecule has 0 aliphatic carbocycles. The minimum absolute atomic E-state index is 0.345. The summed E-state index contributed by atoms with van der Waals surface area (Å²) in [5.74, 6) is 0.907. The molecule has 0 amide bonds. The van der Waals surface area contributed by atoms with Crippen molar-refractivity contribution in [2.45, 2.75) is 26.3 Å². The molecule has 2 aromatic carbocycles. The summed E-state index contributed by atoms with van der Waals surface area (Å²) in [5, 5.41) is 0. The van der Waals surface area contributed by atoms with Gasteiger partial charge in [0.05, 0.1) is 11.0 Å². The van der Waals surface area contributed by atoms with Crippen LogP contribution in [0.2, 0.25) is 0 Å². The molecule has 0 unspecified atom stereocenters. The summed E-state index contributed by atoms with van der Waals surface area (Å²) in [6, 6.07) is 14.4. The Balaban J connectivity index is 2.14. The third-order valence-electron chi connectivity index (χ3n) is 3.63. The van der Waals surface area contributed by atoms with Crippen molar-refractivity contribution in [3.8, 4) is 11.4 Å². The minimum Gasteiger partial charge on any atom is -0.338 e. The van der Waals surface area contributed by atoms with Crippen molar-refractivity contribution >= 4 is 11.0 Å². The Morgan fingerprint density at radius 1 is 1.10 bits per heavy atom. The number of nitrogens with zero attached hydrogens (tertiary/aromatic N) is 1. The monoisotopic (exact) mass is 265 g/mol. The summed E-state index contributed by atoms with van der Waals surface area (Å²) in [7, 11) is 0. The van der Waals surface area contributed by atoms with E-state index in [-0.39, 0.29) is 5.54 Å². The number of aryl methyl sites for hydroxylation is 1. The van der Waals surface area contributed by atoms with Gasteiger partial charge in [0.25, 0.3) is 0 Å². The third-order valence-corrected chi connectivity index (χ3v) is 3.63. The average molecular weight is 265 g/mol. The smallest absolute Gasteiger partial charge is 0.138 e. The van der Waals surface area contributed by atoms with Gasteiger partial charge in [-0.2, -0.15) is 0 Å². The number of hydrogen-bond donors (Lipinski definition) is 2. The maximum absolute atomic E-state index is 6.16. The van der Waals surface area contributed by atoms with E-state index in [9.17, 15) is 0 Å². The molecule has 3 heteroatoms. The molecule has 1 aromatic heterocycles. The molecule has 102 valence electrons. The molecule has 20 heavy (non-hydrogen) atoms. The molecule has 1 heterocycles. The first kappa shape index (κ1) is 12.9. The highest BCUT2D eigenvalue weighted by molar-refractivity contribution is 5.80. The van der Waals surface area contributed by atoms with Crippen LogP contribution in [0.15, 0.2) is 42.5 Å². The van der Waals surface area contributed by atoms with Gasteiger partial charge in [0.1, 0.15) is 5.82 Å². The Kier molecular flexibility index (Phi) is 2.87. The number of H-pyrrole nitrogens is 1. The predicted octanol–water partition coefficient (Wildman–Crippen LogP) is 3.73. The number of benzene rings is 2. The lowest BCUT2D eigenvalue weighted by Gasteiger charge is -2.18. The number of rotatable bonds is 2. The number of fused-ring (bicyclic) bond motifs is 1. The Bertz CT molecular complexity index is 763. The highest BCUT2D eigenvalue weighted by atomic mass is 14.9. The average Bonchev–Trinajstić information content (AvgIpc) is 2.80. The van der Waals surface area contributed by atoms with Crippen molar-refractivity contribution < 1.29 is 0 Å². The molecule has 0 aliphatic heterocycles. The van der Waals surface area contributed by atoms with Crippen LogP contribution in [0.25, 0.3) is 22.4 Å². The number of imidazole rings is 1. The second kappa shape index (κ2) is 4.46. The van der Waals surface area contributed by atoms with E-state index in [2.05, 4.69) is 35.1 Å². The van der Waals surface area contributed by atoms with Crippen LogP contribution in [-0.4, -0.2) is 9.97 Å². The van der Waals surface area contributed by atoms with E-state index in [1.165, 1.54) is 5.56 Å². The van der Waals surface area contributed by atoms with Crippen LogP contribution in [0.4, 0.5) is 0 Å². The number of aromatic nitrogens is 2. The van der Waals surface area contributed by atoms with E-state index in [1.807, 2.05) is 38.1 Å². The van der Waals surface area contributed by atoms with Crippen LogP contribution in [0.3, 0.4) is 0 Å². The van der Waals surface area contributed by atoms with Crippen molar-refractivity contribution in [2.24, 2.45) is 5.73 Å². The van der Waals surface area contributed by atoms with Gasteiger partial charge in [0.15, 0.2) is 0 Å². The maximum Gasteiger partial charge on any atom is 0.138 e. The van der Waals surface area contributed by atoms with Crippen LogP contribution in [0.1, 0.15) is 25.0 Å². The SMILES string of the molecule is Cc1ccccc1-c1nc2ccc(C(C)(C)N)cc2[nH]1. The highest BCUT2D eigenvalue weighted by Gasteiger charge is 2.15. The van der Waals surface area contributed by atoms with E-state index in [4.69, 9.17) is 5.73 Å². The third kappa shape index (κ3) is 2.21. The summed E-state index contributed by atoms with van der Waals surface area (Å²) >= 11 is 0. The van der Waals surface area contributed by atoms with Gasteiger partial charge in [-0.15, -0.1) is 0 Å². The molecule has 0 aliphatic rings. The van der Waals surface area contributed by atoms with Gasteiger partial charge < -0.3 is 10.7 Å².